The summed E-state index contributed by atoms with van der Waals surface area (Å²) >= 11 is 0. The first kappa shape index (κ1) is 22.2. The van der Waals surface area contributed by atoms with Crippen molar-refractivity contribution in [3.63, 3.8) is 0 Å². The molecular formula is C29H28O5. The van der Waals surface area contributed by atoms with Crippen LogP contribution in [0.5, 0.6) is 0 Å². The Morgan fingerprint density at radius 1 is 1.09 bits per heavy atom. The Morgan fingerprint density at radius 3 is 2.74 bits per heavy atom. The van der Waals surface area contributed by atoms with Gasteiger partial charge < -0.3 is 14.2 Å². The van der Waals surface area contributed by atoms with Gasteiger partial charge in [0, 0.05) is 18.4 Å². The molecule has 2 aromatic rings. The van der Waals surface area contributed by atoms with Crippen molar-refractivity contribution >= 4 is 22.7 Å². The van der Waals surface area contributed by atoms with Crippen LogP contribution in [0.1, 0.15) is 30.9 Å². The number of benzene rings is 2. The van der Waals surface area contributed by atoms with Crippen LogP contribution in [0.3, 0.4) is 0 Å². The molecule has 1 saturated heterocycles. The third-order valence-corrected chi connectivity index (χ3v) is 6.84. The van der Waals surface area contributed by atoms with Crippen molar-refractivity contribution in [2.45, 2.75) is 51.4 Å². The minimum atomic E-state index is -0.574. The van der Waals surface area contributed by atoms with E-state index in [1.807, 2.05) is 49.4 Å². The predicted octanol–water partition coefficient (Wildman–Crippen LogP) is 5.28. The summed E-state index contributed by atoms with van der Waals surface area (Å²) in [6.07, 6.45) is 3.61. The van der Waals surface area contributed by atoms with E-state index >= 15 is 0 Å². The molecule has 2 bridgehead atoms. The van der Waals surface area contributed by atoms with Gasteiger partial charge in [0.05, 0.1) is 12.3 Å². The smallest absolute Gasteiger partial charge is 0.334 e. The first-order chi connectivity index (χ1) is 16.3. The Balaban J connectivity index is 1.43. The molecular weight excluding hydrogens is 428 g/mol. The van der Waals surface area contributed by atoms with E-state index in [0.717, 1.165) is 21.9 Å². The van der Waals surface area contributed by atoms with Crippen LogP contribution in [0.2, 0.25) is 0 Å². The van der Waals surface area contributed by atoms with Crippen LogP contribution >= 0.6 is 0 Å². The second-order valence-corrected chi connectivity index (χ2v) is 9.46. The van der Waals surface area contributed by atoms with Gasteiger partial charge in [-0.1, -0.05) is 60.7 Å². The van der Waals surface area contributed by atoms with E-state index < -0.39 is 12.2 Å². The van der Waals surface area contributed by atoms with Crippen LogP contribution in [0, 0.1) is 12.8 Å². The minimum Gasteiger partial charge on any atom is -0.490 e. The van der Waals surface area contributed by atoms with Crippen molar-refractivity contribution in [3.05, 3.63) is 95.3 Å². The van der Waals surface area contributed by atoms with Crippen LogP contribution < -0.4 is 0 Å². The maximum absolute atomic E-state index is 13.2. The average Bonchev–Trinajstić information content (AvgIpc) is 3.24. The number of aryl methyl sites for hydroxylation is 1. The van der Waals surface area contributed by atoms with Crippen molar-refractivity contribution < 1.29 is 23.8 Å². The highest BCUT2D eigenvalue weighted by Crippen LogP contribution is 2.42. The topological polar surface area (TPSA) is 61.8 Å². The number of allylic oxidation sites excluding steroid dienone is 1. The van der Waals surface area contributed by atoms with E-state index in [1.165, 1.54) is 5.56 Å². The van der Waals surface area contributed by atoms with Crippen molar-refractivity contribution in [3.8, 4) is 0 Å². The minimum absolute atomic E-state index is 0.158. The standard InChI is InChI=1S/C29H28O5/c1-16-8-9-24-20(10-16)6-5-7-21(24)15-27(30)34-25-12-17(2)11-23-13-22(29(31)33-23)14-26-28(25)18(3)19(4)32-26/h5-10,12-13,23,25-26,28H,3-4,11,14-15H2,1-2H3/b17-12+/t23-,25-,26?,28+/m1/s1. The molecule has 2 aliphatic heterocycles. The zero-order valence-corrected chi connectivity index (χ0v) is 19.5. The van der Waals surface area contributed by atoms with Gasteiger partial charge in [-0.3, -0.25) is 4.79 Å². The molecule has 2 aromatic carbocycles. The summed E-state index contributed by atoms with van der Waals surface area (Å²) < 4.78 is 17.6. The van der Waals surface area contributed by atoms with Crippen LogP contribution in [0.4, 0.5) is 0 Å². The SMILES string of the molecule is C=C1OC2CC3=C[C@@H](C/C(C)=C/[C@@H](OC(=O)Cc4cccc5cc(C)ccc45)[C@@H]2C1=C)OC3=O. The number of rotatable bonds is 3. The monoisotopic (exact) mass is 456 g/mol. The molecule has 1 aliphatic carbocycles. The van der Waals surface area contributed by atoms with Gasteiger partial charge in [-0.15, -0.1) is 0 Å². The van der Waals surface area contributed by atoms with Crippen molar-refractivity contribution in [1.29, 1.82) is 0 Å². The van der Waals surface area contributed by atoms with Crippen molar-refractivity contribution in [1.82, 2.24) is 0 Å². The van der Waals surface area contributed by atoms with Crippen LogP contribution in [-0.4, -0.2) is 30.3 Å². The summed E-state index contributed by atoms with van der Waals surface area (Å²) in [5, 5.41) is 2.14. The largest absolute Gasteiger partial charge is 0.490 e. The summed E-state index contributed by atoms with van der Waals surface area (Å²) in [5.41, 5.74) is 4.35. The molecule has 5 nitrogen and oxygen atoms in total. The Kier molecular flexibility index (Phi) is 5.64. The Labute approximate surface area is 199 Å². The molecule has 0 radical (unpaired) electrons. The number of fused-ring (bicyclic) bond motifs is 3. The molecule has 34 heavy (non-hydrogen) atoms. The molecule has 3 aliphatic rings. The first-order valence-electron chi connectivity index (χ1n) is 11.6. The molecule has 174 valence electrons. The molecule has 0 saturated carbocycles. The quantitative estimate of drug-likeness (QED) is 0.465. The Hall–Kier alpha value is -3.60. The highest BCUT2D eigenvalue weighted by molar-refractivity contribution is 5.91. The molecule has 0 N–H and O–H groups in total. The van der Waals surface area contributed by atoms with E-state index in [4.69, 9.17) is 14.2 Å². The summed E-state index contributed by atoms with van der Waals surface area (Å²) in [6.45, 7) is 12.1. The molecule has 2 heterocycles. The van der Waals surface area contributed by atoms with Gasteiger partial charge in [-0.05, 0) is 47.9 Å². The van der Waals surface area contributed by atoms with Gasteiger partial charge in [-0.25, -0.2) is 4.79 Å². The van der Waals surface area contributed by atoms with Gasteiger partial charge in [0.1, 0.15) is 24.1 Å². The third-order valence-electron chi connectivity index (χ3n) is 6.84. The zero-order valence-electron chi connectivity index (χ0n) is 19.5. The number of ether oxygens (including phenoxy) is 3. The molecule has 5 heteroatoms. The first-order valence-corrected chi connectivity index (χ1v) is 11.6. The summed E-state index contributed by atoms with van der Waals surface area (Å²) in [6, 6.07) is 12.2. The van der Waals surface area contributed by atoms with E-state index in [0.29, 0.717) is 29.7 Å². The molecule has 4 atom stereocenters. The zero-order chi connectivity index (χ0) is 24.0. The average molecular weight is 457 g/mol. The number of esters is 2. The van der Waals surface area contributed by atoms with E-state index in [-0.39, 0.29) is 30.4 Å². The molecule has 0 amide bonds. The van der Waals surface area contributed by atoms with Crippen LogP contribution in [-0.2, 0) is 30.2 Å². The molecule has 0 aromatic heterocycles. The Bertz CT molecular complexity index is 1280. The van der Waals surface area contributed by atoms with Gasteiger partial charge in [0.25, 0.3) is 0 Å². The third kappa shape index (κ3) is 4.18. The van der Waals surface area contributed by atoms with Gasteiger partial charge >= 0.3 is 11.9 Å². The highest BCUT2D eigenvalue weighted by atomic mass is 16.6. The van der Waals surface area contributed by atoms with E-state index in [1.54, 1.807) is 0 Å². The lowest BCUT2D eigenvalue weighted by molar-refractivity contribution is -0.148. The van der Waals surface area contributed by atoms with Crippen molar-refractivity contribution in [2.75, 3.05) is 0 Å². The van der Waals surface area contributed by atoms with Crippen molar-refractivity contribution in [2.24, 2.45) is 5.92 Å². The lowest BCUT2D eigenvalue weighted by Crippen LogP contribution is -2.33. The van der Waals surface area contributed by atoms with Gasteiger partial charge in [0.15, 0.2) is 0 Å². The Morgan fingerprint density at radius 2 is 1.91 bits per heavy atom. The maximum atomic E-state index is 13.2. The molecule has 1 unspecified atom stereocenters. The highest BCUT2D eigenvalue weighted by Gasteiger charge is 2.44. The number of carbonyl (C=O) groups excluding carboxylic acids is 2. The molecule has 1 fully saturated rings. The number of hydrogen-bond donors (Lipinski definition) is 0. The number of hydrogen-bond acceptors (Lipinski definition) is 5. The lowest BCUT2D eigenvalue weighted by Gasteiger charge is -2.26. The number of carbonyl (C=O) groups is 2. The maximum Gasteiger partial charge on any atom is 0.334 e. The summed E-state index contributed by atoms with van der Waals surface area (Å²) in [7, 11) is 0. The lowest BCUT2D eigenvalue weighted by atomic mass is 9.85. The van der Waals surface area contributed by atoms with Gasteiger partial charge in [0.2, 0.25) is 0 Å². The molecule has 5 rings (SSSR count). The summed E-state index contributed by atoms with van der Waals surface area (Å²) in [5.74, 6) is -0.496. The predicted molar refractivity (Wildman–Crippen MR) is 130 cm³/mol. The fourth-order valence-corrected chi connectivity index (χ4v) is 5.18. The summed E-state index contributed by atoms with van der Waals surface area (Å²) in [4.78, 5) is 25.5. The second kappa shape index (κ2) is 8.64. The molecule has 0 spiro atoms. The van der Waals surface area contributed by atoms with Crippen LogP contribution in [0.15, 0.2) is 84.2 Å². The van der Waals surface area contributed by atoms with Crippen LogP contribution in [0.25, 0.3) is 10.8 Å². The van der Waals surface area contributed by atoms with E-state index in [9.17, 15) is 9.59 Å². The second-order valence-electron chi connectivity index (χ2n) is 9.46. The fraction of sp³-hybridized carbons (Fsp3) is 0.310. The fourth-order valence-electron chi connectivity index (χ4n) is 5.18. The van der Waals surface area contributed by atoms with Gasteiger partial charge in [-0.2, -0.15) is 0 Å². The normalized spacial score (nSPS) is 27.9. The van der Waals surface area contributed by atoms with E-state index in [2.05, 4.69) is 26.1 Å².